The maximum atomic E-state index is 12.0. The van der Waals surface area contributed by atoms with E-state index >= 15 is 0 Å². The first-order valence-electron chi connectivity index (χ1n) is 7.41. The molecule has 2 rings (SSSR count). The summed E-state index contributed by atoms with van der Waals surface area (Å²) in [6.07, 6.45) is 2.90. The second kappa shape index (κ2) is 7.78. The molecule has 21 heavy (non-hydrogen) atoms. The maximum Gasteiger partial charge on any atom is 0.238 e. The molecule has 1 saturated heterocycles. The average molecular weight is 290 g/mol. The number of anilines is 1. The van der Waals surface area contributed by atoms with Crippen molar-refractivity contribution in [3.63, 3.8) is 0 Å². The highest BCUT2D eigenvalue weighted by Gasteiger charge is 2.20. The number of piperidine rings is 1. The summed E-state index contributed by atoms with van der Waals surface area (Å²) in [6.45, 7) is 4.44. The van der Waals surface area contributed by atoms with Crippen LogP contribution in [0.15, 0.2) is 24.3 Å². The van der Waals surface area contributed by atoms with Crippen molar-refractivity contribution in [1.29, 1.82) is 0 Å². The van der Waals surface area contributed by atoms with Gasteiger partial charge in [-0.3, -0.25) is 9.69 Å². The van der Waals surface area contributed by atoms with E-state index in [-0.39, 0.29) is 11.8 Å². The zero-order chi connectivity index (χ0) is 15.1. The number of ether oxygens (including phenoxy) is 1. The van der Waals surface area contributed by atoms with Crippen LogP contribution in [0, 0.1) is 5.92 Å². The molecule has 1 N–H and O–H groups in total. The molecule has 1 aliphatic rings. The van der Waals surface area contributed by atoms with Gasteiger partial charge in [-0.05, 0) is 50.6 Å². The van der Waals surface area contributed by atoms with Gasteiger partial charge in [0.25, 0.3) is 0 Å². The molecule has 0 radical (unpaired) electrons. The lowest BCUT2D eigenvalue weighted by Crippen LogP contribution is -2.40. The largest absolute Gasteiger partial charge is 0.494 e. The highest BCUT2D eigenvalue weighted by molar-refractivity contribution is 5.92. The number of hydrogen-bond donors (Lipinski definition) is 1. The van der Waals surface area contributed by atoms with E-state index in [0.717, 1.165) is 37.1 Å². The Morgan fingerprint density at radius 1 is 1.43 bits per heavy atom. The van der Waals surface area contributed by atoms with E-state index < -0.39 is 0 Å². The first-order valence-corrected chi connectivity index (χ1v) is 7.41. The maximum absolute atomic E-state index is 12.0. The third kappa shape index (κ3) is 4.86. The Kier molecular flexibility index (Phi) is 5.75. The minimum atomic E-state index is -0.0503. The first-order chi connectivity index (χ1) is 10.2. The van der Waals surface area contributed by atoms with Gasteiger partial charge in [0.2, 0.25) is 5.91 Å². The number of benzene rings is 1. The zero-order valence-electron chi connectivity index (χ0n) is 12.4. The second-order valence-electron chi connectivity index (χ2n) is 5.28. The number of nitrogens with zero attached hydrogens (tertiary/aromatic N) is 1. The van der Waals surface area contributed by atoms with Gasteiger partial charge in [0.1, 0.15) is 12.0 Å². The number of rotatable bonds is 6. The van der Waals surface area contributed by atoms with Crippen LogP contribution in [0.1, 0.15) is 19.8 Å². The summed E-state index contributed by atoms with van der Waals surface area (Å²) in [7, 11) is 0. The van der Waals surface area contributed by atoms with E-state index in [9.17, 15) is 9.59 Å². The summed E-state index contributed by atoms with van der Waals surface area (Å²) in [6, 6.07) is 7.32. The van der Waals surface area contributed by atoms with Crippen LogP contribution < -0.4 is 10.1 Å². The topological polar surface area (TPSA) is 58.6 Å². The molecule has 0 aliphatic carbocycles. The number of hydrogen-bond acceptors (Lipinski definition) is 4. The van der Waals surface area contributed by atoms with Crippen molar-refractivity contribution in [3.8, 4) is 5.75 Å². The highest BCUT2D eigenvalue weighted by atomic mass is 16.5. The molecule has 0 saturated carbocycles. The van der Waals surface area contributed by atoms with Crippen LogP contribution in [0.5, 0.6) is 5.75 Å². The summed E-state index contributed by atoms with van der Waals surface area (Å²) in [5.41, 5.74) is 0.757. The molecule has 1 heterocycles. The van der Waals surface area contributed by atoms with Crippen molar-refractivity contribution in [2.45, 2.75) is 19.8 Å². The molecule has 1 atom stereocenters. The molecule has 114 valence electrons. The van der Waals surface area contributed by atoms with Crippen LogP contribution in [-0.4, -0.2) is 43.3 Å². The fourth-order valence-corrected chi connectivity index (χ4v) is 2.55. The number of nitrogens with one attached hydrogen (secondary N) is 1. The van der Waals surface area contributed by atoms with Gasteiger partial charge >= 0.3 is 0 Å². The lowest BCUT2D eigenvalue weighted by atomic mass is 10.00. The van der Waals surface area contributed by atoms with Crippen LogP contribution in [0.25, 0.3) is 0 Å². The Balaban J connectivity index is 1.82. The van der Waals surface area contributed by atoms with Crippen molar-refractivity contribution in [3.05, 3.63) is 24.3 Å². The molecule has 1 fully saturated rings. The minimum absolute atomic E-state index is 0.0503. The van der Waals surface area contributed by atoms with Gasteiger partial charge in [0.15, 0.2) is 0 Å². The molecule has 1 amide bonds. The van der Waals surface area contributed by atoms with Crippen molar-refractivity contribution in [2.75, 3.05) is 31.6 Å². The molecule has 5 heteroatoms. The number of carbonyl (C=O) groups is 2. The molecule has 0 bridgehead atoms. The fourth-order valence-electron chi connectivity index (χ4n) is 2.55. The lowest BCUT2D eigenvalue weighted by Gasteiger charge is -2.29. The van der Waals surface area contributed by atoms with Crippen molar-refractivity contribution < 1.29 is 14.3 Å². The summed E-state index contributed by atoms with van der Waals surface area (Å²) >= 11 is 0. The Labute approximate surface area is 125 Å². The smallest absolute Gasteiger partial charge is 0.238 e. The van der Waals surface area contributed by atoms with E-state index in [1.165, 1.54) is 0 Å². The van der Waals surface area contributed by atoms with Crippen LogP contribution in [-0.2, 0) is 9.59 Å². The molecular formula is C16H22N2O3. The monoisotopic (exact) mass is 290 g/mol. The first kappa shape index (κ1) is 15.5. The quantitative estimate of drug-likeness (QED) is 0.813. The zero-order valence-corrected chi connectivity index (χ0v) is 12.4. The summed E-state index contributed by atoms with van der Waals surface area (Å²) in [5.74, 6) is 0.808. The number of aldehydes is 1. The fraction of sp³-hybridized carbons (Fsp3) is 0.500. The van der Waals surface area contributed by atoms with Crippen molar-refractivity contribution >= 4 is 17.9 Å². The third-order valence-corrected chi connectivity index (χ3v) is 3.55. The summed E-state index contributed by atoms with van der Waals surface area (Å²) < 4.78 is 5.36. The summed E-state index contributed by atoms with van der Waals surface area (Å²) in [4.78, 5) is 24.9. The standard InChI is InChI=1S/C16H22N2O3/c1-2-21-15-7-5-14(6-8-15)17-16(20)11-18-9-3-4-13(10-18)12-19/h5-8,12-13H,2-4,9-11H2,1H3,(H,17,20). The Hall–Kier alpha value is -1.88. The molecule has 1 unspecified atom stereocenters. The molecule has 1 aromatic carbocycles. The predicted octanol–water partition coefficient (Wildman–Crippen LogP) is 1.93. The Bertz CT molecular complexity index is 473. The van der Waals surface area contributed by atoms with Gasteiger partial charge in [-0.25, -0.2) is 0 Å². The van der Waals surface area contributed by atoms with E-state index in [2.05, 4.69) is 5.32 Å². The van der Waals surface area contributed by atoms with E-state index in [1.54, 1.807) is 0 Å². The van der Waals surface area contributed by atoms with Crippen LogP contribution >= 0.6 is 0 Å². The van der Waals surface area contributed by atoms with Gasteiger partial charge in [0, 0.05) is 18.2 Å². The number of carbonyl (C=O) groups excluding carboxylic acids is 2. The van der Waals surface area contributed by atoms with E-state index in [4.69, 9.17) is 4.74 Å². The molecule has 1 aliphatic heterocycles. The predicted molar refractivity (Wildman–Crippen MR) is 81.5 cm³/mol. The second-order valence-corrected chi connectivity index (χ2v) is 5.28. The molecule has 1 aromatic rings. The molecule has 0 spiro atoms. The highest BCUT2D eigenvalue weighted by Crippen LogP contribution is 2.17. The Morgan fingerprint density at radius 2 is 2.19 bits per heavy atom. The SMILES string of the molecule is CCOc1ccc(NC(=O)CN2CCCC(C=O)C2)cc1. The van der Waals surface area contributed by atoms with Gasteiger partial charge in [0.05, 0.1) is 13.2 Å². The third-order valence-electron chi connectivity index (χ3n) is 3.55. The van der Waals surface area contributed by atoms with Gasteiger partial charge in [-0.15, -0.1) is 0 Å². The van der Waals surface area contributed by atoms with Crippen LogP contribution in [0.3, 0.4) is 0 Å². The van der Waals surface area contributed by atoms with E-state index in [1.807, 2.05) is 36.1 Å². The number of amides is 1. The Morgan fingerprint density at radius 3 is 2.86 bits per heavy atom. The van der Waals surface area contributed by atoms with Gasteiger partial charge in [-0.1, -0.05) is 0 Å². The van der Waals surface area contributed by atoms with Crippen molar-refractivity contribution in [2.24, 2.45) is 5.92 Å². The van der Waals surface area contributed by atoms with Gasteiger partial charge in [-0.2, -0.15) is 0 Å². The van der Waals surface area contributed by atoms with Crippen molar-refractivity contribution in [1.82, 2.24) is 4.90 Å². The minimum Gasteiger partial charge on any atom is -0.494 e. The van der Waals surface area contributed by atoms with Crippen LogP contribution in [0.4, 0.5) is 5.69 Å². The molecular weight excluding hydrogens is 268 g/mol. The number of likely N-dealkylation sites (tertiary alicyclic amines) is 1. The summed E-state index contributed by atoms with van der Waals surface area (Å²) in [5, 5.41) is 2.87. The molecule has 0 aromatic heterocycles. The van der Waals surface area contributed by atoms with Crippen LogP contribution in [0.2, 0.25) is 0 Å². The average Bonchev–Trinajstić information content (AvgIpc) is 2.49. The van der Waals surface area contributed by atoms with E-state index in [0.29, 0.717) is 19.7 Å². The normalized spacial score (nSPS) is 19.0. The lowest BCUT2D eigenvalue weighted by molar-refractivity contribution is -0.119. The molecule has 5 nitrogen and oxygen atoms in total. The van der Waals surface area contributed by atoms with Gasteiger partial charge < -0.3 is 14.8 Å².